The summed E-state index contributed by atoms with van der Waals surface area (Å²) in [5.74, 6) is 1.23. The lowest BCUT2D eigenvalue weighted by molar-refractivity contribution is -0.140. The molecule has 100 valence electrons. The fraction of sp³-hybridized carbons (Fsp3) is 0.692. The van der Waals surface area contributed by atoms with Gasteiger partial charge in [0.05, 0.1) is 13.5 Å². The third-order valence-electron chi connectivity index (χ3n) is 3.51. The minimum Gasteiger partial charge on any atom is -0.469 e. The van der Waals surface area contributed by atoms with Gasteiger partial charge in [-0.3, -0.25) is 4.79 Å². The molecule has 1 N–H and O–H groups in total. The van der Waals surface area contributed by atoms with Gasteiger partial charge in [0.1, 0.15) is 5.82 Å². The van der Waals surface area contributed by atoms with Crippen LogP contribution >= 0.6 is 0 Å². The number of likely N-dealkylation sites (tertiary alicyclic amines) is 1. The molecule has 18 heavy (non-hydrogen) atoms. The minimum absolute atomic E-state index is 0.189. The van der Waals surface area contributed by atoms with E-state index < -0.39 is 0 Å². The van der Waals surface area contributed by atoms with Gasteiger partial charge in [-0.1, -0.05) is 0 Å². The normalized spacial score (nSPS) is 20.9. The van der Waals surface area contributed by atoms with Crippen molar-refractivity contribution in [3.05, 3.63) is 17.7 Å². The van der Waals surface area contributed by atoms with Crippen LogP contribution in [0.1, 0.15) is 36.7 Å². The molecule has 1 aromatic rings. The first-order chi connectivity index (χ1) is 8.69. The minimum atomic E-state index is -0.189. The van der Waals surface area contributed by atoms with Crippen LogP contribution in [-0.2, 0) is 16.0 Å². The Morgan fingerprint density at radius 2 is 2.50 bits per heavy atom. The van der Waals surface area contributed by atoms with Gasteiger partial charge in [-0.2, -0.15) is 0 Å². The second-order valence-corrected chi connectivity index (χ2v) is 4.96. The number of carbonyl (C=O) groups is 1. The number of aromatic amines is 1. The SMILES string of the molecule is COC(=O)CCc1ncc(C2CCCN(C)C2)[nH]1. The number of nitrogens with one attached hydrogen (secondary N) is 1. The molecule has 1 aliphatic heterocycles. The summed E-state index contributed by atoms with van der Waals surface area (Å²) in [6.07, 6.45) is 5.36. The van der Waals surface area contributed by atoms with Gasteiger partial charge in [-0.25, -0.2) is 4.98 Å². The van der Waals surface area contributed by atoms with E-state index >= 15 is 0 Å². The number of hydrogen-bond acceptors (Lipinski definition) is 4. The molecule has 0 saturated carbocycles. The van der Waals surface area contributed by atoms with E-state index in [1.54, 1.807) is 0 Å². The summed E-state index contributed by atoms with van der Waals surface area (Å²) in [5, 5.41) is 0. The Labute approximate surface area is 108 Å². The van der Waals surface area contributed by atoms with Crippen molar-refractivity contribution < 1.29 is 9.53 Å². The summed E-state index contributed by atoms with van der Waals surface area (Å²) in [7, 11) is 3.56. The van der Waals surface area contributed by atoms with Crippen LogP contribution in [0.25, 0.3) is 0 Å². The van der Waals surface area contributed by atoms with E-state index in [1.165, 1.54) is 32.2 Å². The van der Waals surface area contributed by atoms with Gasteiger partial charge in [0.15, 0.2) is 0 Å². The summed E-state index contributed by atoms with van der Waals surface area (Å²) in [6.45, 7) is 2.26. The Hall–Kier alpha value is -1.36. The molecule has 0 bridgehead atoms. The Kier molecular flexibility index (Phi) is 4.36. The second kappa shape index (κ2) is 6.00. The molecule has 0 amide bonds. The van der Waals surface area contributed by atoms with Crippen molar-refractivity contribution in [2.24, 2.45) is 0 Å². The molecule has 0 aliphatic carbocycles. The lowest BCUT2D eigenvalue weighted by Gasteiger charge is -2.28. The summed E-state index contributed by atoms with van der Waals surface area (Å²) >= 11 is 0. The second-order valence-electron chi connectivity index (χ2n) is 4.96. The summed E-state index contributed by atoms with van der Waals surface area (Å²) in [5.41, 5.74) is 1.20. The molecule has 1 unspecified atom stereocenters. The van der Waals surface area contributed by atoms with Crippen molar-refractivity contribution >= 4 is 5.97 Å². The standard InChI is InChI=1S/C13H21N3O2/c1-16-7-3-4-10(9-16)11-8-14-12(15-11)5-6-13(17)18-2/h8,10H,3-7,9H2,1-2H3,(H,14,15). The molecule has 1 atom stereocenters. The number of imidazole rings is 1. The highest BCUT2D eigenvalue weighted by atomic mass is 16.5. The molecule has 0 radical (unpaired) electrons. The van der Waals surface area contributed by atoms with Crippen LogP contribution in [0.5, 0.6) is 0 Å². The molecule has 1 aliphatic rings. The average Bonchev–Trinajstić information content (AvgIpc) is 2.84. The molecule has 1 saturated heterocycles. The van der Waals surface area contributed by atoms with Crippen LogP contribution in [0, 0.1) is 0 Å². The van der Waals surface area contributed by atoms with Gasteiger partial charge in [0.2, 0.25) is 0 Å². The van der Waals surface area contributed by atoms with E-state index in [1.807, 2.05) is 6.20 Å². The fourth-order valence-corrected chi connectivity index (χ4v) is 2.46. The number of rotatable bonds is 4. The number of aryl methyl sites for hydroxylation is 1. The number of nitrogens with zero attached hydrogens (tertiary/aromatic N) is 2. The molecule has 0 aromatic carbocycles. The highest BCUT2D eigenvalue weighted by molar-refractivity contribution is 5.69. The third kappa shape index (κ3) is 3.32. The molecular weight excluding hydrogens is 230 g/mol. The molecular formula is C13H21N3O2. The topological polar surface area (TPSA) is 58.2 Å². The van der Waals surface area contributed by atoms with E-state index in [0.29, 0.717) is 18.8 Å². The zero-order chi connectivity index (χ0) is 13.0. The van der Waals surface area contributed by atoms with Gasteiger partial charge in [-0.05, 0) is 26.4 Å². The van der Waals surface area contributed by atoms with Gasteiger partial charge in [0, 0.05) is 30.8 Å². The lowest BCUT2D eigenvalue weighted by Crippen LogP contribution is -2.30. The fourth-order valence-electron chi connectivity index (χ4n) is 2.46. The molecule has 0 spiro atoms. The average molecular weight is 251 g/mol. The van der Waals surface area contributed by atoms with E-state index in [9.17, 15) is 4.79 Å². The van der Waals surface area contributed by atoms with Crippen LogP contribution < -0.4 is 0 Å². The number of piperidine rings is 1. The van der Waals surface area contributed by atoms with Crippen LogP contribution in [0.15, 0.2) is 6.20 Å². The predicted octanol–water partition coefficient (Wildman–Crippen LogP) is 1.32. The first kappa shape index (κ1) is 13.1. The van der Waals surface area contributed by atoms with Crippen LogP contribution in [0.2, 0.25) is 0 Å². The number of H-pyrrole nitrogens is 1. The van der Waals surface area contributed by atoms with Crippen molar-refractivity contribution in [1.82, 2.24) is 14.9 Å². The Morgan fingerprint density at radius 3 is 3.22 bits per heavy atom. The zero-order valence-corrected chi connectivity index (χ0v) is 11.1. The van der Waals surface area contributed by atoms with Crippen LogP contribution in [0.3, 0.4) is 0 Å². The highest BCUT2D eigenvalue weighted by Gasteiger charge is 2.20. The summed E-state index contributed by atoms with van der Waals surface area (Å²) < 4.78 is 4.62. The number of ether oxygens (including phenoxy) is 1. The number of carbonyl (C=O) groups excluding carboxylic acids is 1. The van der Waals surface area contributed by atoms with Crippen molar-refractivity contribution in [2.75, 3.05) is 27.2 Å². The van der Waals surface area contributed by atoms with Gasteiger partial charge >= 0.3 is 5.97 Å². The number of esters is 1. The van der Waals surface area contributed by atoms with Crippen molar-refractivity contribution in [3.63, 3.8) is 0 Å². The van der Waals surface area contributed by atoms with Crippen LogP contribution in [0.4, 0.5) is 0 Å². The van der Waals surface area contributed by atoms with E-state index in [4.69, 9.17) is 0 Å². The molecule has 2 rings (SSSR count). The molecule has 5 nitrogen and oxygen atoms in total. The predicted molar refractivity (Wildman–Crippen MR) is 68.4 cm³/mol. The largest absolute Gasteiger partial charge is 0.469 e. The van der Waals surface area contributed by atoms with Crippen molar-refractivity contribution in [2.45, 2.75) is 31.6 Å². The monoisotopic (exact) mass is 251 g/mol. The molecule has 1 aromatic heterocycles. The number of methoxy groups -OCH3 is 1. The number of hydrogen-bond donors (Lipinski definition) is 1. The quantitative estimate of drug-likeness (QED) is 0.820. The molecule has 1 fully saturated rings. The van der Waals surface area contributed by atoms with E-state index in [0.717, 1.165) is 12.4 Å². The van der Waals surface area contributed by atoms with Crippen molar-refractivity contribution in [1.29, 1.82) is 0 Å². The van der Waals surface area contributed by atoms with E-state index in [2.05, 4.69) is 26.7 Å². The van der Waals surface area contributed by atoms with Gasteiger partial charge in [-0.15, -0.1) is 0 Å². The zero-order valence-electron chi connectivity index (χ0n) is 11.1. The van der Waals surface area contributed by atoms with Crippen molar-refractivity contribution in [3.8, 4) is 0 Å². The maximum atomic E-state index is 11.1. The lowest BCUT2D eigenvalue weighted by atomic mass is 9.96. The maximum Gasteiger partial charge on any atom is 0.305 e. The first-order valence-electron chi connectivity index (χ1n) is 6.48. The third-order valence-corrected chi connectivity index (χ3v) is 3.51. The molecule has 2 heterocycles. The number of aromatic nitrogens is 2. The Balaban J connectivity index is 1.91. The Morgan fingerprint density at radius 1 is 1.67 bits per heavy atom. The van der Waals surface area contributed by atoms with Crippen LogP contribution in [-0.4, -0.2) is 48.1 Å². The van der Waals surface area contributed by atoms with E-state index in [-0.39, 0.29) is 5.97 Å². The number of likely N-dealkylation sites (N-methyl/N-ethyl adjacent to an activating group) is 1. The molecule has 5 heteroatoms. The first-order valence-corrected chi connectivity index (χ1v) is 6.48. The van der Waals surface area contributed by atoms with Gasteiger partial charge in [0.25, 0.3) is 0 Å². The highest BCUT2D eigenvalue weighted by Crippen LogP contribution is 2.24. The summed E-state index contributed by atoms with van der Waals surface area (Å²) in [6, 6.07) is 0. The Bertz CT molecular complexity index is 403. The smallest absolute Gasteiger partial charge is 0.305 e. The van der Waals surface area contributed by atoms with Gasteiger partial charge < -0.3 is 14.6 Å². The maximum absolute atomic E-state index is 11.1. The summed E-state index contributed by atoms with van der Waals surface area (Å²) in [4.78, 5) is 21.1.